The molecule has 1 nitrogen and oxygen atoms in total. The molecule has 0 N–H and O–H groups in total. The van der Waals surface area contributed by atoms with Gasteiger partial charge in [-0.05, 0) is 43.2 Å². The molecular formula is C12H15BrOS. The fourth-order valence-corrected chi connectivity index (χ4v) is 5.32. The molecule has 1 saturated carbocycles. The van der Waals surface area contributed by atoms with E-state index in [1.54, 1.807) is 0 Å². The quantitative estimate of drug-likeness (QED) is 0.754. The van der Waals surface area contributed by atoms with Crippen LogP contribution in [0.3, 0.4) is 0 Å². The summed E-state index contributed by atoms with van der Waals surface area (Å²) in [6.45, 7) is 6.39. The normalized spacial score (nSPS) is 35.3. The smallest absolute Gasteiger partial charge is 0.0527 e. The van der Waals surface area contributed by atoms with Gasteiger partial charge in [0.05, 0.1) is 18.0 Å². The van der Waals surface area contributed by atoms with E-state index in [0.717, 1.165) is 31.0 Å². The van der Waals surface area contributed by atoms with Gasteiger partial charge in [0.15, 0.2) is 0 Å². The van der Waals surface area contributed by atoms with Crippen LogP contribution in [-0.2, 0) is 4.74 Å². The van der Waals surface area contributed by atoms with Crippen molar-refractivity contribution in [2.24, 2.45) is 17.8 Å². The SMILES string of the molecule is Cc1cc(C)c(C(Br)C2C3COCC32)s1. The molecule has 0 spiro atoms. The molecule has 82 valence electrons. The van der Waals surface area contributed by atoms with Crippen molar-refractivity contribution in [3.8, 4) is 0 Å². The summed E-state index contributed by atoms with van der Waals surface area (Å²) in [6, 6.07) is 2.29. The Labute approximate surface area is 103 Å². The average Bonchev–Trinajstić information content (AvgIpc) is 2.58. The van der Waals surface area contributed by atoms with Gasteiger partial charge in [0.1, 0.15) is 0 Å². The number of rotatable bonds is 2. The van der Waals surface area contributed by atoms with Crippen molar-refractivity contribution in [2.45, 2.75) is 18.7 Å². The molecule has 0 amide bonds. The lowest BCUT2D eigenvalue weighted by Crippen LogP contribution is -2.03. The summed E-state index contributed by atoms with van der Waals surface area (Å²) < 4.78 is 5.44. The Bertz CT molecular complexity index is 377. The van der Waals surface area contributed by atoms with Crippen LogP contribution in [0, 0.1) is 31.6 Å². The van der Waals surface area contributed by atoms with Crippen LogP contribution in [0.1, 0.15) is 20.1 Å². The van der Waals surface area contributed by atoms with Crippen LogP contribution in [0.15, 0.2) is 6.07 Å². The van der Waals surface area contributed by atoms with Crippen molar-refractivity contribution >= 4 is 27.3 Å². The number of hydrogen-bond donors (Lipinski definition) is 0. The molecule has 1 aliphatic carbocycles. The monoisotopic (exact) mass is 286 g/mol. The summed E-state index contributed by atoms with van der Waals surface area (Å²) in [5, 5.41) is 0. The Kier molecular flexibility index (Phi) is 2.45. The minimum Gasteiger partial charge on any atom is -0.381 e. The van der Waals surface area contributed by atoms with E-state index < -0.39 is 0 Å². The fraction of sp³-hybridized carbons (Fsp3) is 0.667. The van der Waals surface area contributed by atoms with Crippen molar-refractivity contribution in [1.29, 1.82) is 0 Å². The number of fused-ring (bicyclic) bond motifs is 1. The zero-order chi connectivity index (χ0) is 10.6. The van der Waals surface area contributed by atoms with E-state index >= 15 is 0 Å². The Morgan fingerprint density at radius 3 is 2.60 bits per heavy atom. The highest BCUT2D eigenvalue weighted by molar-refractivity contribution is 9.09. The molecule has 3 atom stereocenters. The van der Waals surface area contributed by atoms with Crippen molar-refractivity contribution in [3.63, 3.8) is 0 Å². The largest absolute Gasteiger partial charge is 0.381 e. The first-order valence-electron chi connectivity index (χ1n) is 5.47. The highest BCUT2D eigenvalue weighted by Crippen LogP contribution is 2.60. The molecule has 0 bridgehead atoms. The maximum atomic E-state index is 5.44. The minimum absolute atomic E-state index is 0.565. The number of ether oxygens (including phenoxy) is 1. The first kappa shape index (κ1) is 10.3. The number of thiophene rings is 1. The van der Waals surface area contributed by atoms with Gasteiger partial charge in [-0.15, -0.1) is 11.3 Å². The van der Waals surface area contributed by atoms with E-state index in [4.69, 9.17) is 4.74 Å². The predicted molar refractivity (Wildman–Crippen MR) is 66.8 cm³/mol. The Morgan fingerprint density at radius 2 is 2.07 bits per heavy atom. The van der Waals surface area contributed by atoms with E-state index in [9.17, 15) is 0 Å². The van der Waals surface area contributed by atoms with Gasteiger partial charge in [0, 0.05) is 9.75 Å². The Balaban J connectivity index is 1.80. The summed E-state index contributed by atoms with van der Waals surface area (Å²) >= 11 is 5.83. The lowest BCUT2D eigenvalue weighted by atomic mass is 10.1. The molecule has 3 heteroatoms. The van der Waals surface area contributed by atoms with E-state index in [0.29, 0.717) is 4.83 Å². The molecular weight excluding hydrogens is 272 g/mol. The first-order chi connectivity index (χ1) is 7.18. The molecule has 2 aliphatic rings. The zero-order valence-electron chi connectivity index (χ0n) is 9.00. The lowest BCUT2D eigenvalue weighted by Gasteiger charge is -2.11. The standard InChI is InChI=1S/C12H15BrOS/c1-6-3-7(2)15-12(6)11(13)10-8-4-14-5-9(8)10/h3,8-11H,4-5H2,1-2H3. The molecule has 2 fully saturated rings. The van der Waals surface area contributed by atoms with Crippen LogP contribution in [0.2, 0.25) is 0 Å². The molecule has 1 aromatic heterocycles. The van der Waals surface area contributed by atoms with Crippen molar-refractivity contribution < 1.29 is 4.74 Å². The maximum absolute atomic E-state index is 5.44. The summed E-state index contributed by atoms with van der Waals surface area (Å²) in [5.41, 5.74) is 1.45. The van der Waals surface area contributed by atoms with Gasteiger partial charge in [-0.25, -0.2) is 0 Å². The summed E-state index contributed by atoms with van der Waals surface area (Å²) in [6.07, 6.45) is 0. The van der Waals surface area contributed by atoms with Crippen LogP contribution < -0.4 is 0 Å². The molecule has 1 saturated heterocycles. The highest BCUT2D eigenvalue weighted by atomic mass is 79.9. The summed E-state index contributed by atoms with van der Waals surface area (Å²) in [5.74, 6) is 2.49. The highest BCUT2D eigenvalue weighted by Gasteiger charge is 2.57. The van der Waals surface area contributed by atoms with Crippen LogP contribution >= 0.6 is 27.3 Å². The van der Waals surface area contributed by atoms with Crippen LogP contribution in [-0.4, -0.2) is 13.2 Å². The van der Waals surface area contributed by atoms with Crippen molar-refractivity contribution in [2.75, 3.05) is 13.2 Å². The van der Waals surface area contributed by atoms with Crippen LogP contribution in [0.4, 0.5) is 0 Å². The molecule has 15 heavy (non-hydrogen) atoms. The van der Waals surface area contributed by atoms with Gasteiger partial charge < -0.3 is 4.74 Å². The third-order valence-corrected chi connectivity index (χ3v) is 6.29. The topological polar surface area (TPSA) is 9.23 Å². The third kappa shape index (κ3) is 1.60. The second-order valence-electron chi connectivity index (χ2n) is 4.75. The third-order valence-electron chi connectivity index (χ3n) is 3.69. The van der Waals surface area contributed by atoms with E-state index in [-0.39, 0.29) is 0 Å². The van der Waals surface area contributed by atoms with Gasteiger partial charge in [-0.3, -0.25) is 0 Å². The minimum atomic E-state index is 0.565. The molecule has 2 heterocycles. The average molecular weight is 287 g/mol. The van der Waals surface area contributed by atoms with Crippen molar-refractivity contribution in [3.05, 3.63) is 21.4 Å². The number of aryl methyl sites for hydroxylation is 2. The maximum Gasteiger partial charge on any atom is 0.0527 e. The Hall–Kier alpha value is 0.140. The fourth-order valence-electron chi connectivity index (χ4n) is 2.83. The zero-order valence-corrected chi connectivity index (χ0v) is 11.4. The summed E-state index contributed by atoms with van der Waals surface area (Å²) in [7, 11) is 0. The van der Waals surface area contributed by atoms with Gasteiger partial charge in [0.2, 0.25) is 0 Å². The van der Waals surface area contributed by atoms with Crippen LogP contribution in [0.25, 0.3) is 0 Å². The molecule has 1 aromatic rings. The molecule has 0 aromatic carbocycles. The van der Waals surface area contributed by atoms with Gasteiger partial charge >= 0.3 is 0 Å². The number of halogens is 1. The van der Waals surface area contributed by atoms with Gasteiger partial charge in [-0.1, -0.05) is 15.9 Å². The summed E-state index contributed by atoms with van der Waals surface area (Å²) in [4.78, 5) is 3.52. The van der Waals surface area contributed by atoms with Gasteiger partial charge in [0.25, 0.3) is 0 Å². The van der Waals surface area contributed by atoms with Crippen molar-refractivity contribution in [1.82, 2.24) is 0 Å². The van der Waals surface area contributed by atoms with Crippen LogP contribution in [0.5, 0.6) is 0 Å². The predicted octanol–water partition coefficient (Wildman–Crippen LogP) is 3.69. The first-order valence-corrected chi connectivity index (χ1v) is 7.20. The number of alkyl halides is 1. The second kappa shape index (κ2) is 3.57. The molecule has 1 aliphatic heterocycles. The van der Waals surface area contributed by atoms with Gasteiger partial charge in [-0.2, -0.15) is 0 Å². The second-order valence-corrected chi connectivity index (χ2v) is 7.02. The van der Waals surface area contributed by atoms with E-state index in [2.05, 4.69) is 35.8 Å². The molecule has 0 radical (unpaired) electrons. The number of hydrogen-bond acceptors (Lipinski definition) is 2. The van der Waals surface area contributed by atoms with E-state index in [1.807, 2.05) is 11.3 Å². The lowest BCUT2D eigenvalue weighted by molar-refractivity contribution is 0.151. The molecule has 3 unspecified atom stereocenters. The Morgan fingerprint density at radius 1 is 1.40 bits per heavy atom. The van der Waals surface area contributed by atoms with E-state index in [1.165, 1.54) is 15.3 Å². The molecule has 3 rings (SSSR count).